The van der Waals surface area contributed by atoms with E-state index in [2.05, 4.69) is 4.98 Å². The molecule has 1 N–H and O–H groups in total. The first-order valence-corrected chi connectivity index (χ1v) is 8.21. The molecule has 4 aromatic rings. The lowest BCUT2D eigenvalue weighted by Gasteiger charge is -2.09. The smallest absolute Gasteiger partial charge is 0.338 e. The Morgan fingerprint density at radius 3 is 2.56 bits per heavy atom. The van der Waals surface area contributed by atoms with Crippen molar-refractivity contribution in [1.29, 1.82) is 0 Å². The van der Waals surface area contributed by atoms with Crippen LogP contribution in [0.2, 0.25) is 0 Å². The molecule has 0 bridgehead atoms. The molecule has 0 aliphatic rings. The standard InChI is InChI=1S/C21H15FN2O3/c1-27-16-7-5-13(6-8-16)14-3-2-4-15(9-14)24-12-23-19-11-18(22)17(21(25)26)10-20(19)24/h2-12H,1H3,(H,25,26). The van der Waals surface area contributed by atoms with Crippen LogP contribution >= 0.6 is 0 Å². The van der Waals surface area contributed by atoms with Crippen LogP contribution in [0, 0.1) is 5.82 Å². The minimum Gasteiger partial charge on any atom is -0.497 e. The molecular weight excluding hydrogens is 347 g/mol. The number of imidazole rings is 1. The first-order valence-electron chi connectivity index (χ1n) is 8.21. The van der Waals surface area contributed by atoms with Crippen LogP contribution < -0.4 is 4.74 Å². The van der Waals surface area contributed by atoms with E-state index >= 15 is 0 Å². The Morgan fingerprint density at radius 2 is 1.85 bits per heavy atom. The molecule has 134 valence electrons. The molecule has 0 saturated carbocycles. The van der Waals surface area contributed by atoms with Crippen LogP contribution in [0.25, 0.3) is 27.8 Å². The molecule has 0 fully saturated rings. The Morgan fingerprint density at radius 1 is 1.07 bits per heavy atom. The lowest BCUT2D eigenvalue weighted by Crippen LogP contribution is -2.01. The minimum atomic E-state index is -1.31. The van der Waals surface area contributed by atoms with Gasteiger partial charge in [0.15, 0.2) is 0 Å². The fourth-order valence-electron chi connectivity index (χ4n) is 3.02. The Bertz CT molecular complexity index is 1150. The zero-order chi connectivity index (χ0) is 19.0. The number of carboxylic acids is 1. The topological polar surface area (TPSA) is 64.4 Å². The highest BCUT2D eigenvalue weighted by atomic mass is 19.1. The number of benzene rings is 3. The summed E-state index contributed by atoms with van der Waals surface area (Å²) < 4.78 is 20.8. The molecule has 1 heterocycles. The van der Waals surface area contributed by atoms with Crippen molar-refractivity contribution < 1.29 is 19.0 Å². The number of fused-ring (bicyclic) bond motifs is 1. The van der Waals surface area contributed by atoms with Gasteiger partial charge in [-0.25, -0.2) is 14.2 Å². The van der Waals surface area contributed by atoms with Crippen LogP contribution in [0.5, 0.6) is 5.75 Å². The second-order valence-corrected chi connectivity index (χ2v) is 6.02. The van der Waals surface area contributed by atoms with E-state index < -0.39 is 11.8 Å². The second-order valence-electron chi connectivity index (χ2n) is 6.02. The van der Waals surface area contributed by atoms with Crippen LogP contribution in [0.15, 0.2) is 67.0 Å². The monoisotopic (exact) mass is 362 g/mol. The lowest BCUT2D eigenvalue weighted by molar-refractivity contribution is 0.0692. The zero-order valence-corrected chi connectivity index (χ0v) is 14.4. The van der Waals surface area contributed by atoms with Crippen molar-refractivity contribution in [2.45, 2.75) is 0 Å². The summed E-state index contributed by atoms with van der Waals surface area (Å²) in [5.74, 6) is -1.33. The maximum absolute atomic E-state index is 13.9. The maximum Gasteiger partial charge on any atom is 0.338 e. The third-order valence-electron chi connectivity index (χ3n) is 4.41. The summed E-state index contributed by atoms with van der Waals surface area (Å²) in [6, 6.07) is 17.9. The van der Waals surface area contributed by atoms with Crippen LogP contribution in [0.4, 0.5) is 4.39 Å². The molecule has 0 radical (unpaired) electrons. The third-order valence-corrected chi connectivity index (χ3v) is 4.41. The average molecular weight is 362 g/mol. The third kappa shape index (κ3) is 3.01. The van der Waals surface area contributed by atoms with Crippen molar-refractivity contribution in [1.82, 2.24) is 9.55 Å². The Balaban J connectivity index is 1.82. The molecule has 4 rings (SSSR count). The molecule has 0 aliphatic heterocycles. The minimum absolute atomic E-state index is 0.379. The number of carboxylic acid groups (broad SMARTS) is 1. The van der Waals surface area contributed by atoms with Crippen LogP contribution in [0.3, 0.4) is 0 Å². The molecule has 0 atom stereocenters. The van der Waals surface area contributed by atoms with E-state index in [1.165, 1.54) is 6.07 Å². The molecule has 0 saturated heterocycles. The van der Waals surface area contributed by atoms with Gasteiger partial charge in [-0.1, -0.05) is 24.3 Å². The number of halogens is 1. The van der Waals surface area contributed by atoms with Crippen molar-refractivity contribution in [3.8, 4) is 22.6 Å². The summed E-state index contributed by atoms with van der Waals surface area (Å²) in [5.41, 5.74) is 3.34. The van der Waals surface area contributed by atoms with E-state index in [1.807, 2.05) is 48.5 Å². The van der Waals surface area contributed by atoms with Crippen molar-refractivity contribution >= 4 is 17.0 Å². The van der Waals surface area contributed by atoms with Gasteiger partial charge in [0.05, 0.1) is 23.7 Å². The van der Waals surface area contributed by atoms with Gasteiger partial charge in [-0.15, -0.1) is 0 Å². The Hall–Kier alpha value is -3.67. The predicted molar refractivity (Wildman–Crippen MR) is 100.0 cm³/mol. The van der Waals surface area contributed by atoms with Gasteiger partial charge in [0.2, 0.25) is 0 Å². The number of ether oxygens (including phenoxy) is 1. The molecule has 27 heavy (non-hydrogen) atoms. The Labute approximate surface area is 154 Å². The van der Waals surface area contributed by atoms with E-state index in [9.17, 15) is 14.3 Å². The molecule has 0 aliphatic carbocycles. The van der Waals surface area contributed by atoms with Gasteiger partial charge >= 0.3 is 5.97 Å². The molecule has 1 aromatic heterocycles. The van der Waals surface area contributed by atoms with Gasteiger partial charge in [0.25, 0.3) is 0 Å². The molecular formula is C21H15FN2O3. The lowest BCUT2D eigenvalue weighted by atomic mass is 10.0. The molecule has 6 heteroatoms. The van der Waals surface area contributed by atoms with Gasteiger partial charge in [0, 0.05) is 11.8 Å². The van der Waals surface area contributed by atoms with Gasteiger partial charge in [-0.05, 0) is 41.5 Å². The highest BCUT2D eigenvalue weighted by Crippen LogP contribution is 2.27. The number of aromatic nitrogens is 2. The quantitative estimate of drug-likeness (QED) is 0.579. The van der Waals surface area contributed by atoms with Crippen molar-refractivity contribution in [2.24, 2.45) is 0 Å². The van der Waals surface area contributed by atoms with Gasteiger partial charge in [-0.3, -0.25) is 4.57 Å². The number of hydrogen-bond donors (Lipinski definition) is 1. The summed E-state index contributed by atoms with van der Waals surface area (Å²) >= 11 is 0. The number of rotatable bonds is 4. The van der Waals surface area contributed by atoms with E-state index in [0.717, 1.165) is 28.6 Å². The van der Waals surface area contributed by atoms with Crippen molar-refractivity contribution in [3.05, 3.63) is 78.4 Å². The number of hydrogen-bond acceptors (Lipinski definition) is 3. The second kappa shape index (κ2) is 6.57. The van der Waals surface area contributed by atoms with Crippen molar-refractivity contribution in [3.63, 3.8) is 0 Å². The maximum atomic E-state index is 13.9. The Kier molecular flexibility index (Phi) is 4.08. The summed E-state index contributed by atoms with van der Waals surface area (Å²) in [7, 11) is 1.62. The van der Waals surface area contributed by atoms with E-state index in [1.54, 1.807) is 18.0 Å². The molecule has 5 nitrogen and oxygen atoms in total. The van der Waals surface area contributed by atoms with E-state index in [4.69, 9.17) is 4.74 Å². The number of aromatic carboxylic acids is 1. The summed E-state index contributed by atoms with van der Waals surface area (Å²) in [4.78, 5) is 15.4. The fraction of sp³-hybridized carbons (Fsp3) is 0.0476. The predicted octanol–water partition coefficient (Wildman–Crippen LogP) is 4.54. The SMILES string of the molecule is COc1ccc(-c2cccc(-n3cnc4cc(F)c(C(=O)O)cc43)c2)cc1. The van der Waals surface area contributed by atoms with Crippen molar-refractivity contribution in [2.75, 3.05) is 7.11 Å². The zero-order valence-electron chi connectivity index (χ0n) is 14.4. The van der Waals surface area contributed by atoms with Gasteiger partial charge < -0.3 is 9.84 Å². The highest BCUT2D eigenvalue weighted by Gasteiger charge is 2.15. The molecule has 0 amide bonds. The normalized spacial score (nSPS) is 10.9. The molecule has 0 spiro atoms. The average Bonchev–Trinajstić information content (AvgIpc) is 3.10. The van der Waals surface area contributed by atoms with Crippen LogP contribution in [0.1, 0.15) is 10.4 Å². The van der Waals surface area contributed by atoms with Gasteiger partial charge in [0.1, 0.15) is 17.9 Å². The molecule has 3 aromatic carbocycles. The fourth-order valence-corrected chi connectivity index (χ4v) is 3.02. The highest BCUT2D eigenvalue weighted by molar-refractivity contribution is 5.93. The van der Waals surface area contributed by atoms with Gasteiger partial charge in [-0.2, -0.15) is 0 Å². The van der Waals surface area contributed by atoms with Crippen LogP contribution in [-0.4, -0.2) is 27.7 Å². The number of nitrogens with zero attached hydrogens (tertiary/aromatic N) is 2. The molecule has 0 unspecified atom stereocenters. The number of carbonyl (C=O) groups is 1. The largest absolute Gasteiger partial charge is 0.497 e. The summed E-state index contributed by atoms with van der Waals surface area (Å²) in [5, 5.41) is 9.18. The van der Waals surface area contributed by atoms with E-state index in [-0.39, 0.29) is 5.56 Å². The number of methoxy groups -OCH3 is 1. The summed E-state index contributed by atoms with van der Waals surface area (Å²) in [6.45, 7) is 0. The first-order chi connectivity index (χ1) is 13.1. The summed E-state index contributed by atoms with van der Waals surface area (Å²) in [6.07, 6.45) is 1.56. The van der Waals surface area contributed by atoms with E-state index in [0.29, 0.717) is 11.0 Å². The first kappa shape index (κ1) is 16.8. The van der Waals surface area contributed by atoms with Crippen LogP contribution in [-0.2, 0) is 0 Å².